The number of ether oxygens (including phenoxy) is 1. The first-order chi connectivity index (χ1) is 12.8. The average Bonchev–Trinajstić information content (AvgIpc) is 2.65. The molecule has 0 saturated carbocycles. The number of amidine groups is 1. The molecule has 0 spiro atoms. The van der Waals surface area contributed by atoms with Crippen LogP contribution < -0.4 is 5.48 Å². The third kappa shape index (κ3) is 5.84. The summed E-state index contributed by atoms with van der Waals surface area (Å²) in [4.78, 5) is 32.6. The van der Waals surface area contributed by atoms with Crippen molar-refractivity contribution < 1.29 is 32.3 Å². The van der Waals surface area contributed by atoms with Crippen LogP contribution in [0.5, 0.6) is 0 Å². The monoisotopic (exact) mass is 380 g/mol. The lowest BCUT2D eigenvalue weighted by Gasteiger charge is -2.10. The quantitative estimate of drug-likeness (QED) is 0.381. The summed E-state index contributed by atoms with van der Waals surface area (Å²) < 4.78 is 42.5. The second kappa shape index (κ2) is 8.84. The minimum Gasteiger partial charge on any atom is -0.460 e. The molecule has 0 aliphatic heterocycles. The van der Waals surface area contributed by atoms with Crippen molar-refractivity contribution in [2.45, 2.75) is 13.1 Å². The number of esters is 1. The summed E-state index contributed by atoms with van der Waals surface area (Å²) in [7, 11) is 0. The number of rotatable bonds is 3. The predicted octanol–water partition coefficient (Wildman–Crippen LogP) is 3.66. The fraction of sp³-hybridized carbons (Fsp3) is 0.167. The second-order valence-electron chi connectivity index (χ2n) is 5.08. The molecule has 0 unspecified atom stereocenters. The maximum atomic E-state index is 12.5. The van der Waals surface area contributed by atoms with Crippen LogP contribution in [0.1, 0.15) is 22.8 Å². The van der Waals surface area contributed by atoms with Crippen molar-refractivity contribution in [3.05, 3.63) is 65.7 Å². The van der Waals surface area contributed by atoms with E-state index in [0.717, 1.165) is 24.3 Å². The van der Waals surface area contributed by atoms with E-state index in [-0.39, 0.29) is 18.0 Å². The maximum absolute atomic E-state index is 12.5. The predicted molar refractivity (Wildman–Crippen MR) is 90.2 cm³/mol. The third-order valence-electron chi connectivity index (χ3n) is 3.15. The van der Waals surface area contributed by atoms with E-state index in [0.29, 0.717) is 5.69 Å². The van der Waals surface area contributed by atoms with E-state index in [1.165, 1.54) is 0 Å². The van der Waals surface area contributed by atoms with Gasteiger partial charge in [-0.2, -0.15) is 18.7 Å². The highest BCUT2D eigenvalue weighted by molar-refractivity contribution is 6.35. The van der Waals surface area contributed by atoms with E-state index in [9.17, 15) is 22.8 Å². The molecule has 0 fully saturated rings. The van der Waals surface area contributed by atoms with Crippen molar-refractivity contribution in [1.82, 2.24) is 5.48 Å². The molecule has 0 radical (unpaired) electrons. The Balaban J connectivity index is 2.11. The van der Waals surface area contributed by atoms with Crippen LogP contribution in [0, 0.1) is 0 Å². The molecule has 1 N–H and O–H groups in total. The van der Waals surface area contributed by atoms with Crippen molar-refractivity contribution in [3.63, 3.8) is 0 Å². The van der Waals surface area contributed by atoms with Crippen molar-refractivity contribution in [1.29, 1.82) is 0 Å². The van der Waals surface area contributed by atoms with Gasteiger partial charge in [0.2, 0.25) is 5.84 Å². The molecular weight excluding hydrogens is 365 g/mol. The first-order valence-electron chi connectivity index (χ1n) is 7.76. The molecule has 0 amide bonds. The van der Waals surface area contributed by atoms with E-state index >= 15 is 0 Å². The summed E-state index contributed by atoms with van der Waals surface area (Å²) in [5, 5.41) is 0. The van der Waals surface area contributed by atoms with Crippen LogP contribution in [0.3, 0.4) is 0 Å². The molecule has 9 heteroatoms. The van der Waals surface area contributed by atoms with E-state index in [2.05, 4.69) is 10.5 Å². The van der Waals surface area contributed by atoms with Crippen LogP contribution in [-0.2, 0) is 20.5 Å². The van der Waals surface area contributed by atoms with Gasteiger partial charge in [0.15, 0.2) is 0 Å². The normalized spacial score (nSPS) is 11.6. The van der Waals surface area contributed by atoms with Crippen molar-refractivity contribution in [2.75, 3.05) is 6.61 Å². The number of hydrogen-bond donors (Lipinski definition) is 1. The number of carbonyl (C=O) groups is 2. The smallest absolute Gasteiger partial charge is 0.416 e. The zero-order valence-electron chi connectivity index (χ0n) is 14.1. The highest BCUT2D eigenvalue weighted by Gasteiger charge is 2.30. The molecule has 6 nitrogen and oxygen atoms in total. The summed E-state index contributed by atoms with van der Waals surface area (Å²) >= 11 is 0. The summed E-state index contributed by atoms with van der Waals surface area (Å²) in [6.45, 7) is 1.66. The van der Waals surface area contributed by atoms with Crippen LogP contribution in [0.4, 0.5) is 18.9 Å². The van der Waals surface area contributed by atoms with Crippen molar-refractivity contribution in [3.8, 4) is 0 Å². The number of hydroxylamine groups is 1. The Kier molecular flexibility index (Phi) is 6.53. The van der Waals surface area contributed by atoms with Gasteiger partial charge in [-0.15, -0.1) is 0 Å². The Morgan fingerprint density at radius 2 is 1.67 bits per heavy atom. The highest BCUT2D eigenvalue weighted by Crippen LogP contribution is 2.29. The number of aliphatic imine (C=N–C) groups is 1. The number of alkyl halides is 3. The van der Waals surface area contributed by atoms with Gasteiger partial charge in [-0.1, -0.05) is 18.2 Å². The molecule has 0 heterocycles. The van der Waals surface area contributed by atoms with Gasteiger partial charge in [-0.05, 0) is 43.3 Å². The minimum absolute atomic E-state index is 0.0706. The van der Waals surface area contributed by atoms with Crippen LogP contribution in [0.15, 0.2) is 59.6 Å². The van der Waals surface area contributed by atoms with Crippen LogP contribution in [0.25, 0.3) is 0 Å². The lowest BCUT2D eigenvalue weighted by atomic mass is 10.1. The molecule has 0 atom stereocenters. The molecule has 2 aromatic carbocycles. The van der Waals surface area contributed by atoms with E-state index in [1.54, 1.807) is 37.3 Å². The Morgan fingerprint density at radius 1 is 1.04 bits per heavy atom. The third-order valence-corrected chi connectivity index (χ3v) is 3.15. The van der Waals surface area contributed by atoms with Gasteiger partial charge in [0.25, 0.3) is 0 Å². The van der Waals surface area contributed by atoms with E-state index in [1.807, 2.05) is 0 Å². The molecule has 0 aromatic heterocycles. The molecule has 0 aliphatic rings. The summed E-state index contributed by atoms with van der Waals surface area (Å²) in [5.41, 5.74) is 1.46. The lowest BCUT2D eigenvalue weighted by molar-refractivity contribution is -0.138. The highest BCUT2D eigenvalue weighted by atomic mass is 19.4. The molecule has 2 aromatic rings. The first-order valence-corrected chi connectivity index (χ1v) is 7.76. The van der Waals surface area contributed by atoms with Gasteiger partial charge in [-0.25, -0.2) is 14.6 Å². The molecule has 0 aliphatic carbocycles. The minimum atomic E-state index is -4.51. The Morgan fingerprint density at radius 3 is 2.22 bits per heavy atom. The van der Waals surface area contributed by atoms with Gasteiger partial charge >= 0.3 is 18.1 Å². The Bertz CT molecular complexity index is 819. The number of nitrogens with zero attached hydrogens (tertiary/aromatic N) is 1. The fourth-order valence-electron chi connectivity index (χ4n) is 1.89. The lowest BCUT2D eigenvalue weighted by Crippen LogP contribution is -2.34. The summed E-state index contributed by atoms with van der Waals surface area (Å²) in [5.74, 6) is -2.24. The van der Waals surface area contributed by atoms with Gasteiger partial charge < -0.3 is 9.57 Å². The van der Waals surface area contributed by atoms with Gasteiger partial charge in [0.05, 0.1) is 23.4 Å². The van der Waals surface area contributed by atoms with E-state index in [4.69, 9.17) is 9.57 Å². The standard InChI is InChI=1S/C18H15F3N2O4/c1-2-26-17(25)15(22-14-6-4-3-5-7-14)23-27-16(24)12-8-10-13(11-9-12)18(19,20)21/h3-11H,2H2,1H3,(H,22,23). The Hall–Kier alpha value is -3.36. The molecule has 27 heavy (non-hydrogen) atoms. The van der Waals surface area contributed by atoms with Gasteiger partial charge in [0.1, 0.15) is 0 Å². The van der Waals surface area contributed by atoms with E-state index < -0.39 is 23.7 Å². The maximum Gasteiger partial charge on any atom is 0.416 e. The van der Waals surface area contributed by atoms with Gasteiger partial charge in [-0.3, -0.25) is 0 Å². The van der Waals surface area contributed by atoms with Gasteiger partial charge in [0, 0.05) is 0 Å². The SMILES string of the molecule is CCOC(=O)C(=Nc1ccccc1)NOC(=O)c1ccc(C(F)(F)F)cc1. The van der Waals surface area contributed by atoms with Crippen LogP contribution in [0.2, 0.25) is 0 Å². The van der Waals surface area contributed by atoms with Crippen molar-refractivity contribution in [2.24, 2.45) is 4.99 Å². The number of carbonyl (C=O) groups excluding carboxylic acids is 2. The summed E-state index contributed by atoms with van der Waals surface area (Å²) in [6, 6.07) is 11.8. The van der Waals surface area contributed by atoms with Crippen LogP contribution in [-0.4, -0.2) is 24.4 Å². The average molecular weight is 380 g/mol. The van der Waals surface area contributed by atoms with Crippen LogP contribution >= 0.6 is 0 Å². The zero-order valence-corrected chi connectivity index (χ0v) is 14.1. The first kappa shape index (κ1) is 20.0. The molecular formula is C18H15F3N2O4. The second-order valence-corrected chi connectivity index (χ2v) is 5.08. The number of nitrogens with one attached hydrogen (secondary N) is 1. The number of benzene rings is 2. The number of hydrogen-bond acceptors (Lipinski definition) is 5. The molecule has 0 saturated heterocycles. The molecule has 2 rings (SSSR count). The van der Waals surface area contributed by atoms with Crippen molar-refractivity contribution >= 4 is 23.5 Å². The Labute approximate surface area is 152 Å². The zero-order chi connectivity index (χ0) is 19.9. The topological polar surface area (TPSA) is 77.0 Å². The largest absolute Gasteiger partial charge is 0.460 e. The summed E-state index contributed by atoms with van der Waals surface area (Å²) in [6.07, 6.45) is -4.51. The molecule has 142 valence electrons. The number of para-hydroxylation sites is 1. The fourth-order valence-corrected chi connectivity index (χ4v) is 1.89. The molecule has 0 bridgehead atoms. The number of halogens is 3.